The second kappa shape index (κ2) is 6.73. The highest BCUT2D eigenvalue weighted by molar-refractivity contribution is 6.01. The Labute approximate surface area is 132 Å². The second-order valence-corrected chi connectivity index (χ2v) is 4.83. The largest absolute Gasteiger partial charge is 0.345 e. The van der Waals surface area contributed by atoms with Crippen molar-refractivity contribution in [1.82, 2.24) is 20.1 Å². The van der Waals surface area contributed by atoms with E-state index in [2.05, 4.69) is 22.1 Å². The predicted molar refractivity (Wildman–Crippen MR) is 85.0 cm³/mol. The Bertz CT molecular complexity index is 788. The Hall–Kier alpha value is -3.16. The number of likely N-dealkylation sites (N-methyl/N-ethyl adjacent to an activating group) is 1. The van der Waals surface area contributed by atoms with Gasteiger partial charge in [0, 0.05) is 25.3 Å². The first-order valence-electron chi connectivity index (χ1n) is 6.82. The number of aromatic amines is 1. The minimum Gasteiger partial charge on any atom is -0.345 e. The Morgan fingerprint density at radius 2 is 2.04 bits per heavy atom. The molecular formula is C15H17N5O3. The number of nitrogens with zero attached hydrogens (tertiary/aromatic N) is 3. The molecule has 0 saturated heterocycles. The fourth-order valence-corrected chi connectivity index (χ4v) is 1.90. The van der Waals surface area contributed by atoms with Gasteiger partial charge < -0.3 is 10.2 Å². The van der Waals surface area contributed by atoms with Crippen LogP contribution in [-0.4, -0.2) is 33.6 Å². The average Bonchev–Trinajstić information content (AvgIpc) is 2.90. The summed E-state index contributed by atoms with van der Waals surface area (Å²) in [6.45, 7) is 3.56. The van der Waals surface area contributed by atoms with Crippen molar-refractivity contribution in [3.05, 3.63) is 58.8 Å². The van der Waals surface area contributed by atoms with Crippen LogP contribution in [0.4, 0.5) is 5.69 Å². The van der Waals surface area contributed by atoms with E-state index < -0.39 is 0 Å². The van der Waals surface area contributed by atoms with E-state index in [0.29, 0.717) is 17.1 Å². The molecule has 120 valence electrons. The van der Waals surface area contributed by atoms with Gasteiger partial charge in [-0.15, -0.1) is 0 Å². The summed E-state index contributed by atoms with van der Waals surface area (Å²) in [6.07, 6.45) is 1.22. The van der Waals surface area contributed by atoms with E-state index in [9.17, 15) is 14.4 Å². The number of carbonyl (C=O) groups is 2. The van der Waals surface area contributed by atoms with E-state index in [1.807, 2.05) is 0 Å². The van der Waals surface area contributed by atoms with Crippen molar-refractivity contribution < 1.29 is 9.59 Å². The van der Waals surface area contributed by atoms with Crippen LogP contribution >= 0.6 is 0 Å². The number of benzene rings is 1. The molecule has 0 aliphatic carbocycles. The molecule has 2 aromatic rings. The summed E-state index contributed by atoms with van der Waals surface area (Å²) in [7, 11) is 3.19. The molecule has 1 aromatic carbocycles. The van der Waals surface area contributed by atoms with Crippen molar-refractivity contribution in [2.24, 2.45) is 7.05 Å². The first-order valence-corrected chi connectivity index (χ1v) is 6.82. The lowest BCUT2D eigenvalue weighted by Crippen LogP contribution is -2.26. The van der Waals surface area contributed by atoms with E-state index in [1.54, 1.807) is 38.4 Å². The van der Waals surface area contributed by atoms with Crippen molar-refractivity contribution in [2.75, 3.05) is 11.9 Å². The normalized spacial score (nSPS) is 10.2. The lowest BCUT2D eigenvalue weighted by Gasteiger charge is -2.15. The van der Waals surface area contributed by atoms with E-state index in [0.717, 1.165) is 0 Å². The topological polar surface area (TPSA) is 100 Å². The number of anilines is 1. The van der Waals surface area contributed by atoms with Crippen molar-refractivity contribution in [3.8, 4) is 0 Å². The van der Waals surface area contributed by atoms with Crippen LogP contribution in [0.3, 0.4) is 0 Å². The molecule has 0 saturated carbocycles. The summed E-state index contributed by atoms with van der Waals surface area (Å²) < 4.78 is 1.32. The van der Waals surface area contributed by atoms with Gasteiger partial charge in [-0.3, -0.25) is 14.2 Å². The van der Waals surface area contributed by atoms with Crippen molar-refractivity contribution in [3.63, 3.8) is 0 Å². The van der Waals surface area contributed by atoms with Gasteiger partial charge in [-0.25, -0.2) is 9.89 Å². The maximum absolute atomic E-state index is 12.1. The number of hydrogen-bond donors (Lipinski definition) is 2. The highest BCUT2D eigenvalue weighted by Crippen LogP contribution is 2.14. The van der Waals surface area contributed by atoms with Gasteiger partial charge in [0.15, 0.2) is 5.82 Å². The summed E-state index contributed by atoms with van der Waals surface area (Å²) in [6, 6.07) is 6.56. The molecular weight excluding hydrogens is 298 g/mol. The number of H-pyrrole nitrogens is 1. The molecule has 2 rings (SSSR count). The lowest BCUT2D eigenvalue weighted by atomic mass is 10.2. The van der Waals surface area contributed by atoms with E-state index in [-0.39, 0.29) is 24.0 Å². The number of nitrogens with one attached hydrogen (secondary N) is 2. The monoisotopic (exact) mass is 315 g/mol. The molecule has 0 unspecified atom stereocenters. The molecule has 1 heterocycles. The van der Waals surface area contributed by atoms with Crippen molar-refractivity contribution >= 4 is 17.5 Å². The number of carbonyl (C=O) groups excluding carboxylic acids is 2. The molecule has 8 heteroatoms. The molecule has 2 amide bonds. The third-order valence-electron chi connectivity index (χ3n) is 3.40. The molecule has 1 aromatic heterocycles. The van der Waals surface area contributed by atoms with Gasteiger partial charge in [-0.1, -0.05) is 6.58 Å². The Morgan fingerprint density at radius 1 is 1.39 bits per heavy atom. The van der Waals surface area contributed by atoms with Crippen LogP contribution < -0.4 is 15.9 Å². The Kier molecular flexibility index (Phi) is 4.75. The van der Waals surface area contributed by atoms with Crippen LogP contribution in [-0.2, 0) is 18.4 Å². The third-order valence-corrected chi connectivity index (χ3v) is 3.40. The lowest BCUT2D eigenvalue weighted by molar-refractivity contribution is -0.113. The highest BCUT2D eigenvalue weighted by Gasteiger charge is 2.11. The fraction of sp³-hybridized carbons (Fsp3) is 0.200. The molecule has 0 fully saturated rings. The van der Waals surface area contributed by atoms with Crippen molar-refractivity contribution in [1.29, 1.82) is 0 Å². The molecule has 2 N–H and O–H groups in total. The Morgan fingerprint density at radius 3 is 2.57 bits per heavy atom. The minimum absolute atomic E-state index is 0.130. The number of rotatable bonds is 5. The summed E-state index contributed by atoms with van der Waals surface area (Å²) >= 11 is 0. The van der Waals surface area contributed by atoms with Gasteiger partial charge in [-0.2, -0.15) is 5.10 Å². The van der Waals surface area contributed by atoms with E-state index >= 15 is 0 Å². The maximum atomic E-state index is 12.1. The molecule has 0 spiro atoms. The zero-order chi connectivity index (χ0) is 17.0. The quantitative estimate of drug-likeness (QED) is 0.769. The van der Waals surface area contributed by atoms with Crippen molar-refractivity contribution in [2.45, 2.75) is 6.54 Å². The van der Waals surface area contributed by atoms with Gasteiger partial charge in [0.2, 0.25) is 5.91 Å². The van der Waals surface area contributed by atoms with Crippen LogP contribution in [0.1, 0.15) is 16.2 Å². The fourth-order valence-electron chi connectivity index (χ4n) is 1.90. The number of hydrogen-bond acceptors (Lipinski definition) is 4. The highest BCUT2D eigenvalue weighted by atomic mass is 16.2. The number of amides is 2. The molecule has 23 heavy (non-hydrogen) atoms. The summed E-state index contributed by atoms with van der Waals surface area (Å²) in [5, 5.41) is 8.78. The third kappa shape index (κ3) is 3.54. The first-order chi connectivity index (χ1) is 10.9. The van der Waals surface area contributed by atoms with E-state index in [1.165, 1.54) is 15.5 Å². The van der Waals surface area contributed by atoms with Gasteiger partial charge in [0.25, 0.3) is 5.91 Å². The predicted octanol–water partition coefficient (Wildman–Crippen LogP) is 0.187. The maximum Gasteiger partial charge on any atom is 0.343 e. The smallest absolute Gasteiger partial charge is 0.343 e. The van der Waals surface area contributed by atoms with Crippen LogP contribution in [0.5, 0.6) is 0 Å². The molecule has 0 bridgehead atoms. The van der Waals surface area contributed by atoms with Gasteiger partial charge in [-0.05, 0) is 30.3 Å². The number of aromatic nitrogens is 3. The summed E-state index contributed by atoms with van der Waals surface area (Å²) in [5.74, 6) is -0.109. The second-order valence-electron chi connectivity index (χ2n) is 4.83. The molecule has 0 radical (unpaired) electrons. The van der Waals surface area contributed by atoms with E-state index in [4.69, 9.17) is 0 Å². The van der Waals surface area contributed by atoms with Gasteiger partial charge in [0.05, 0.1) is 6.54 Å². The summed E-state index contributed by atoms with van der Waals surface area (Å²) in [5.41, 5.74) is 0.753. The molecule has 0 aliphatic heterocycles. The average molecular weight is 315 g/mol. The summed E-state index contributed by atoms with van der Waals surface area (Å²) in [4.78, 5) is 36.2. The molecule has 0 atom stereocenters. The van der Waals surface area contributed by atoms with Crippen LogP contribution in [0.2, 0.25) is 0 Å². The van der Waals surface area contributed by atoms with Gasteiger partial charge >= 0.3 is 5.69 Å². The van der Waals surface area contributed by atoms with Crippen LogP contribution in [0.25, 0.3) is 0 Å². The SMILES string of the molecule is C=CC(=O)N(C)c1ccc(C(=O)NCc2n[nH]c(=O)n2C)cc1. The molecule has 8 nitrogen and oxygen atoms in total. The molecule has 0 aliphatic rings. The van der Waals surface area contributed by atoms with Gasteiger partial charge in [0.1, 0.15) is 0 Å². The minimum atomic E-state index is -0.339. The first kappa shape index (κ1) is 16.2. The van der Waals surface area contributed by atoms with Crippen LogP contribution in [0.15, 0.2) is 41.7 Å². The zero-order valence-corrected chi connectivity index (χ0v) is 12.9. The zero-order valence-electron chi connectivity index (χ0n) is 12.9. The van der Waals surface area contributed by atoms with Crippen LogP contribution in [0, 0.1) is 0 Å². The Balaban J connectivity index is 2.03. The standard InChI is InChI=1S/C15H17N5O3/c1-4-13(21)19(2)11-7-5-10(6-8-11)14(22)16-9-12-17-18-15(23)20(12)3/h4-8H,1,9H2,2-3H3,(H,16,22)(H,18,23).